The molecule has 1 amide bonds. The molecule has 0 saturated heterocycles. The lowest BCUT2D eigenvalue weighted by Gasteiger charge is -2.17. The van der Waals surface area contributed by atoms with Crippen LogP contribution in [0.2, 0.25) is 5.02 Å². The van der Waals surface area contributed by atoms with Gasteiger partial charge >= 0.3 is 0 Å². The first kappa shape index (κ1) is 20.0. The predicted octanol–water partition coefficient (Wildman–Crippen LogP) is 3.61. The quantitative estimate of drug-likeness (QED) is 0.806. The molecule has 27 heavy (non-hydrogen) atoms. The van der Waals surface area contributed by atoms with E-state index in [2.05, 4.69) is 19.2 Å². The number of carbonyl (C=O) groups excluding carboxylic acids is 1. The highest BCUT2D eigenvalue weighted by Gasteiger charge is 2.61. The first-order valence-electron chi connectivity index (χ1n) is 8.78. The number of hydrogen-bond acceptors (Lipinski definition) is 4. The zero-order valence-corrected chi connectivity index (χ0v) is 17.4. The highest BCUT2D eigenvalue weighted by atomic mass is 35.5. The van der Waals surface area contributed by atoms with E-state index in [0.717, 1.165) is 0 Å². The second-order valence-electron chi connectivity index (χ2n) is 7.78. The number of carbonyl (C=O) groups is 1. The fourth-order valence-corrected chi connectivity index (χ4v) is 4.88. The molecule has 146 valence electrons. The second kappa shape index (κ2) is 6.99. The largest absolute Gasteiger partial charge is 0.496 e. The van der Waals surface area contributed by atoms with E-state index in [0.29, 0.717) is 27.7 Å². The maximum absolute atomic E-state index is 12.8. The lowest BCUT2D eigenvalue weighted by molar-refractivity contribution is 0.0941. The second-order valence-corrected chi connectivity index (χ2v) is 10.2. The van der Waals surface area contributed by atoms with E-state index in [9.17, 15) is 13.2 Å². The van der Waals surface area contributed by atoms with Gasteiger partial charge in [-0.3, -0.25) is 4.79 Å². The van der Waals surface area contributed by atoms with Crippen molar-refractivity contribution < 1.29 is 17.9 Å². The molecule has 3 atom stereocenters. The molecule has 1 fully saturated rings. The Morgan fingerprint density at radius 2 is 2.04 bits per heavy atom. The molecule has 1 saturated carbocycles. The summed E-state index contributed by atoms with van der Waals surface area (Å²) in [6.07, 6.45) is 7.27. The Bertz CT molecular complexity index is 933. The summed E-state index contributed by atoms with van der Waals surface area (Å²) < 4.78 is 28.6. The number of ether oxygens (including phenoxy) is 1. The Labute approximate surface area is 165 Å². The van der Waals surface area contributed by atoms with Crippen LogP contribution in [-0.2, 0) is 9.84 Å². The summed E-state index contributed by atoms with van der Waals surface area (Å²) in [7, 11) is -1.67. The summed E-state index contributed by atoms with van der Waals surface area (Å²) >= 11 is 6.03. The van der Waals surface area contributed by atoms with E-state index in [1.165, 1.54) is 13.4 Å². The van der Waals surface area contributed by atoms with Gasteiger partial charge in [-0.25, -0.2) is 8.42 Å². The molecule has 0 heterocycles. The minimum absolute atomic E-state index is 0.00322. The zero-order valence-electron chi connectivity index (χ0n) is 15.8. The molecule has 3 rings (SSSR count). The van der Waals surface area contributed by atoms with Gasteiger partial charge in [0.15, 0.2) is 9.84 Å². The Morgan fingerprint density at radius 1 is 1.33 bits per heavy atom. The van der Waals surface area contributed by atoms with Gasteiger partial charge in [-0.05, 0) is 47.9 Å². The van der Waals surface area contributed by atoms with E-state index in [-0.39, 0.29) is 29.2 Å². The van der Waals surface area contributed by atoms with Crippen LogP contribution in [0.5, 0.6) is 5.75 Å². The number of nitrogens with one attached hydrogen (secondary N) is 1. The standard InChI is InChI=1S/C20H24ClNO4S/c1-20(2)17(12-5-8-14(9-6-12)27(4,24)25)18(20)22-19(23)15-11-13(21)7-10-16(15)26-3/h5,7-12,17-18H,6H2,1-4H3,(H,22,23)/t12?,17-,18-/m0/s1. The highest BCUT2D eigenvalue weighted by Crippen LogP contribution is 2.57. The molecule has 5 nitrogen and oxygen atoms in total. The minimum Gasteiger partial charge on any atom is -0.496 e. The minimum atomic E-state index is -3.19. The van der Waals surface area contributed by atoms with Crippen molar-refractivity contribution >= 4 is 27.3 Å². The van der Waals surface area contributed by atoms with Crippen molar-refractivity contribution in [1.82, 2.24) is 5.32 Å². The van der Waals surface area contributed by atoms with Crippen LogP contribution in [0.4, 0.5) is 0 Å². The van der Waals surface area contributed by atoms with Crippen molar-refractivity contribution in [3.63, 3.8) is 0 Å². The molecular weight excluding hydrogens is 386 g/mol. The molecular formula is C20H24ClNO4S. The summed E-state index contributed by atoms with van der Waals surface area (Å²) in [5.74, 6) is 0.685. The summed E-state index contributed by atoms with van der Waals surface area (Å²) in [5, 5.41) is 3.57. The molecule has 1 N–H and O–H groups in total. The molecule has 2 aliphatic rings. The molecule has 7 heteroatoms. The van der Waals surface area contributed by atoms with Crippen molar-refractivity contribution in [3.05, 3.63) is 51.9 Å². The van der Waals surface area contributed by atoms with Gasteiger partial charge in [0.25, 0.3) is 5.91 Å². The molecule has 1 aromatic rings. The van der Waals surface area contributed by atoms with Crippen LogP contribution in [0.15, 0.2) is 41.3 Å². The number of methoxy groups -OCH3 is 1. The molecule has 0 aromatic heterocycles. The number of hydrogen-bond donors (Lipinski definition) is 1. The van der Waals surface area contributed by atoms with E-state index in [1.54, 1.807) is 30.4 Å². The number of rotatable bonds is 5. The smallest absolute Gasteiger partial charge is 0.255 e. The first-order valence-corrected chi connectivity index (χ1v) is 11.1. The number of benzene rings is 1. The van der Waals surface area contributed by atoms with Crippen LogP contribution in [0.25, 0.3) is 0 Å². The van der Waals surface area contributed by atoms with E-state index >= 15 is 0 Å². The van der Waals surface area contributed by atoms with Crippen LogP contribution in [0, 0.1) is 17.3 Å². The topological polar surface area (TPSA) is 72.5 Å². The molecule has 1 aromatic carbocycles. The van der Waals surface area contributed by atoms with Crippen molar-refractivity contribution in [1.29, 1.82) is 0 Å². The zero-order chi connectivity index (χ0) is 20.0. The van der Waals surface area contributed by atoms with Crippen molar-refractivity contribution in [2.24, 2.45) is 17.3 Å². The van der Waals surface area contributed by atoms with Crippen LogP contribution in [0.1, 0.15) is 30.6 Å². The maximum atomic E-state index is 12.8. The molecule has 0 bridgehead atoms. The van der Waals surface area contributed by atoms with Crippen molar-refractivity contribution in [2.75, 3.05) is 13.4 Å². The lowest BCUT2D eigenvalue weighted by Crippen LogP contribution is -2.29. The van der Waals surface area contributed by atoms with E-state index < -0.39 is 9.84 Å². The Morgan fingerprint density at radius 3 is 2.59 bits per heavy atom. The third-order valence-electron chi connectivity index (χ3n) is 5.59. The van der Waals surface area contributed by atoms with Gasteiger partial charge in [-0.15, -0.1) is 0 Å². The number of halogens is 1. The maximum Gasteiger partial charge on any atom is 0.255 e. The van der Waals surface area contributed by atoms with E-state index in [4.69, 9.17) is 16.3 Å². The predicted molar refractivity (Wildman–Crippen MR) is 107 cm³/mol. The summed E-state index contributed by atoms with van der Waals surface area (Å²) in [4.78, 5) is 13.1. The molecule has 0 radical (unpaired) electrons. The van der Waals surface area contributed by atoms with Crippen molar-refractivity contribution in [2.45, 2.75) is 26.3 Å². The van der Waals surface area contributed by atoms with Crippen LogP contribution >= 0.6 is 11.6 Å². The molecule has 0 aliphatic heterocycles. The van der Waals surface area contributed by atoms with Gasteiger partial charge in [0.05, 0.1) is 17.6 Å². The molecule has 2 aliphatic carbocycles. The van der Waals surface area contributed by atoms with Crippen LogP contribution < -0.4 is 10.1 Å². The summed E-state index contributed by atoms with van der Waals surface area (Å²) in [6, 6.07) is 4.95. The number of allylic oxidation sites excluding steroid dienone is 3. The Kier molecular flexibility index (Phi) is 5.16. The van der Waals surface area contributed by atoms with E-state index in [1.807, 2.05) is 6.08 Å². The Balaban J connectivity index is 1.73. The van der Waals surface area contributed by atoms with Crippen molar-refractivity contribution in [3.8, 4) is 5.75 Å². The monoisotopic (exact) mass is 409 g/mol. The first-order chi connectivity index (χ1) is 12.6. The van der Waals surface area contributed by atoms with Gasteiger partial charge in [0.1, 0.15) is 5.75 Å². The van der Waals surface area contributed by atoms with Gasteiger partial charge < -0.3 is 10.1 Å². The fraction of sp³-hybridized carbons (Fsp3) is 0.450. The Hall–Kier alpha value is -1.79. The van der Waals surface area contributed by atoms with Gasteiger partial charge in [-0.2, -0.15) is 0 Å². The molecule has 0 spiro atoms. The SMILES string of the molecule is COc1ccc(Cl)cc1C(=O)N[C@H]1[C@H](C2C=CC(S(C)(=O)=O)=CC2)C1(C)C. The highest BCUT2D eigenvalue weighted by molar-refractivity contribution is 7.94. The van der Waals surface area contributed by atoms with Gasteiger partial charge in [-0.1, -0.05) is 37.6 Å². The van der Waals surface area contributed by atoms with Gasteiger partial charge in [0, 0.05) is 17.3 Å². The third kappa shape index (κ3) is 3.92. The van der Waals surface area contributed by atoms with Gasteiger partial charge in [0.2, 0.25) is 0 Å². The third-order valence-corrected chi connectivity index (χ3v) is 6.99. The number of sulfone groups is 1. The normalized spacial score (nSPS) is 26.3. The van der Waals surface area contributed by atoms with Crippen LogP contribution in [-0.4, -0.2) is 33.7 Å². The average Bonchev–Trinajstić information content (AvgIpc) is 3.14. The average molecular weight is 410 g/mol. The fourth-order valence-electron chi connectivity index (χ4n) is 3.99. The summed E-state index contributed by atoms with van der Waals surface area (Å²) in [5.41, 5.74) is 0.331. The van der Waals surface area contributed by atoms with Crippen LogP contribution in [0.3, 0.4) is 0 Å². The molecule has 1 unspecified atom stereocenters. The number of amides is 1. The lowest BCUT2D eigenvalue weighted by atomic mass is 9.91. The summed E-state index contributed by atoms with van der Waals surface area (Å²) in [6.45, 7) is 4.23.